The van der Waals surface area contributed by atoms with Crippen LogP contribution in [0.3, 0.4) is 0 Å². The Morgan fingerprint density at radius 3 is 1.08 bits per heavy atom. The molecule has 0 aromatic heterocycles. The van der Waals surface area contributed by atoms with Gasteiger partial charge in [-0.15, -0.1) is 0 Å². The van der Waals surface area contributed by atoms with Crippen molar-refractivity contribution >= 4 is 0 Å². The molecule has 0 bridgehead atoms. The van der Waals surface area contributed by atoms with Crippen LogP contribution in [0.5, 0.6) is 0 Å². The summed E-state index contributed by atoms with van der Waals surface area (Å²) in [6, 6.07) is 0. The third-order valence-corrected chi connectivity index (χ3v) is 5.67. The van der Waals surface area contributed by atoms with Gasteiger partial charge in [0.1, 0.15) is 0 Å². The van der Waals surface area contributed by atoms with E-state index in [4.69, 9.17) is 0 Å². The number of hydrogen-bond acceptors (Lipinski definition) is 10. The van der Waals surface area contributed by atoms with E-state index >= 15 is 0 Å². The minimum atomic E-state index is -6.39. The molecule has 0 amide bonds. The first kappa shape index (κ1) is 13.2. The van der Waals surface area contributed by atoms with Crippen molar-refractivity contribution in [1.29, 1.82) is 0 Å². The van der Waals surface area contributed by atoms with Gasteiger partial charge in [-0.25, -0.2) is 0 Å². The molecule has 10 nitrogen and oxygen atoms in total. The molecule has 13 heteroatoms. The first-order valence-corrected chi connectivity index (χ1v) is 8.25. The summed E-state index contributed by atoms with van der Waals surface area (Å²) >= 11 is -19.2. The Labute approximate surface area is 77.6 Å². The molecule has 0 aromatic rings. The van der Waals surface area contributed by atoms with E-state index in [0.29, 0.717) is 0 Å². The summed E-state index contributed by atoms with van der Waals surface area (Å²) in [5.74, 6) is 0. The summed E-state index contributed by atoms with van der Waals surface area (Å²) in [6.07, 6.45) is 0. The Morgan fingerprint density at radius 1 is 0.692 bits per heavy atom. The van der Waals surface area contributed by atoms with Gasteiger partial charge in [0, 0.05) is 0 Å². The van der Waals surface area contributed by atoms with E-state index in [1.165, 1.54) is 0 Å². The second-order valence-electron chi connectivity index (χ2n) is 1.36. The van der Waals surface area contributed by atoms with Crippen LogP contribution >= 0.6 is 0 Å². The summed E-state index contributed by atoms with van der Waals surface area (Å²) < 4.78 is 84.0. The Kier molecular flexibility index (Phi) is 3.84. The molecule has 0 saturated heterocycles. The normalized spacial score (nSPS) is 14.3. The molecule has 0 aromatic carbocycles. The zero-order valence-electron chi connectivity index (χ0n) is 5.31. The fourth-order valence-electron chi connectivity index (χ4n) is 0.215. The number of rotatable bonds is 4. The van der Waals surface area contributed by atoms with Crippen LogP contribution < -0.4 is 8.32 Å². The minimum absolute atomic E-state index is 2.75. The van der Waals surface area contributed by atoms with Crippen molar-refractivity contribution in [2.45, 2.75) is 0 Å². The van der Waals surface area contributed by atoms with Gasteiger partial charge < -0.3 is 0 Å². The molecule has 0 heterocycles. The second kappa shape index (κ2) is 3.77. The quantitative estimate of drug-likeness (QED) is 0.514. The van der Waals surface area contributed by atoms with Crippen molar-refractivity contribution in [3.8, 4) is 0 Å². The van der Waals surface area contributed by atoms with E-state index in [-0.39, 0.29) is 0 Å². The zero-order chi connectivity index (χ0) is 10.9. The van der Waals surface area contributed by atoms with E-state index in [1.807, 2.05) is 0 Å². The van der Waals surface area contributed by atoms with Crippen LogP contribution in [0.1, 0.15) is 0 Å². The van der Waals surface area contributed by atoms with E-state index in [9.17, 15) is 31.1 Å². The Morgan fingerprint density at radius 2 is 0.923 bits per heavy atom. The second-order valence-corrected chi connectivity index (χ2v) is 7.36. The maximum absolute atomic E-state index is 10.2. The van der Waals surface area contributed by atoms with Crippen LogP contribution in [0, 0.1) is 0 Å². The van der Waals surface area contributed by atoms with E-state index in [1.54, 1.807) is 0 Å². The van der Waals surface area contributed by atoms with Crippen LogP contribution in [0.4, 0.5) is 0 Å². The molecular formula is Cr3O10-2. The van der Waals surface area contributed by atoms with Gasteiger partial charge >= 0.3 is 77.7 Å². The molecule has 0 saturated carbocycles. The van der Waals surface area contributed by atoms with Crippen LogP contribution in [0.25, 0.3) is 0 Å². The van der Waals surface area contributed by atoms with Gasteiger partial charge in [0.25, 0.3) is 0 Å². The molecule has 0 aliphatic carbocycles. The Balaban J connectivity index is 4.86. The van der Waals surface area contributed by atoms with Gasteiger partial charge in [-0.05, 0) is 0 Å². The van der Waals surface area contributed by atoms with E-state index in [0.717, 1.165) is 0 Å². The van der Waals surface area contributed by atoms with Crippen LogP contribution in [0.15, 0.2) is 0 Å². The third kappa shape index (κ3) is 8.56. The summed E-state index contributed by atoms with van der Waals surface area (Å²) in [6.45, 7) is 0. The van der Waals surface area contributed by atoms with Crippen molar-refractivity contribution in [1.82, 2.24) is 0 Å². The van der Waals surface area contributed by atoms with Crippen molar-refractivity contribution in [2.24, 2.45) is 0 Å². The number of hydrogen-bond donors (Lipinski definition) is 0. The molecular weight excluding hydrogens is 316 g/mol. The van der Waals surface area contributed by atoms with Gasteiger partial charge in [-0.1, -0.05) is 0 Å². The molecule has 0 atom stereocenters. The third-order valence-electron chi connectivity index (χ3n) is 0.333. The molecule has 0 radical (unpaired) electrons. The maximum atomic E-state index is 10.2. The van der Waals surface area contributed by atoms with Crippen LogP contribution in [-0.4, -0.2) is 0 Å². The molecule has 0 unspecified atom stereocenters. The summed E-state index contributed by atoms with van der Waals surface area (Å²) in [5, 5.41) is 0. The molecule has 80 valence electrons. The van der Waals surface area contributed by atoms with Gasteiger partial charge in [0.2, 0.25) is 0 Å². The van der Waals surface area contributed by atoms with Crippen molar-refractivity contribution in [3.63, 3.8) is 0 Å². The molecule has 13 heavy (non-hydrogen) atoms. The molecule has 0 fully saturated rings. The topological polar surface area (TPSA) is 167 Å². The fraction of sp³-hybridized carbons (Fsp3) is 0. The van der Waals surface area contributed by atoms with Gasteiger partial charge in [-0.2, -0.15) is 0 Å². The van der Waals surface area contributed by atoms with Crippen molar-refractivity contribution in [3.05, 3.63) is 0 Å². The first-order chi connectivity index (χ1) is 5.41. The van der Waals surface area contributed by atoms with E-state index < -0.39 is 40.8 Å². The van der Waals surface area contributed by atoms with E-state index in [2.05, 4.69) is 5.68 Å². The predicted molar refractivity (Wildman–Crippen MR) is 6.29 cm³/mol. The predicted octanol–water partition coefficient (Wildman–Crippen LogP) is -3.24. The Hall–Kier alpha value is 0.237. The molecule has 0 aliphatic rings. The average Bonchev–Trinajstić information content (AvgIpc) is 1.43. The molecule has 0 rings (SSSR count). The monoisotopic (exact) mass is 316 g/mol. The Bertz CT molecular complexity index is 414. The molecule has 0 N–H and O–H groups in total. The summed E-state index contributed by atoms with van der Waals surface area (Å²) in [7, 11) is 0. The van der Waals surface area contributed by atoms with Gasteiger partial charge in [0.15, 0.2) is 0 Å². The standard InChI is InChI=1S/3Cr.10O/q;;;;;;;;;;;2*-1. The van der Waals surface area contributed by atoms with Gasteiger partial charge in [0.05, 0.1) is 0 Å². The fourth-order valence-corrected chi connectivity index (χ4v) is 4.26. The zero-order valence-corrected chi connectivity index (χ0v) is 9.13. The SMILES string of the molecule is [O]=[Cr](=[O])([O-])[O][Cr](=[O])(=[O])[O][Cr](=[O])(=[O])[O-]. The van der Waals surface area contributed by atoms with Crippen LogP contribution in [0.2, 0.25) is 0 Å². The molecule has 0 aliphatic heterocycles. The first-order valence-electron chi connectivity index (χ1n) is 2.00. The summed E-state index contributed by atoms with van der Waals surface area (Å²) in [5.41, 5.74) is 0. The summed E-state index contributed by atoms with van der Waals surface area (Å²) in [4.78, 5) is 0. The van der Waals surface area contributed by atoms with Gasteiger partial charge in [-0.3, -0.25) is 0 Å². The molecule has 0 spiro atoms. The van der Waals surface area contributed by atoms with Crippen LogP contribution in [-0.2, 0) is 69.3 Å². The van der Waals surface area contributed by atoms with Crippen molar-refractivity contribution < 1.29 is 77.7 Å². The average molecular weight is 316 g/mol. The van der Waals surface area contributed by atoms with Crippen molar-refractivity contribution in [2.75, 3.05) is 0 Å².